The van der Waals surface area contributed by atoms with Crippen LogP contribution >= 0.6 is 23.1 Å². The Bertz CT molecular complexity index is 1200. The molecular weight excluding hydrogens is 440 g/mol. The molecule has 8 heteroatoms. The third-order valence-corrected chi connectivity index (χ3v) is 6.60. The van der Waals surface area contributed by atoms with Crippen molar-refractivity contribution in [3.8, 4) is 0 Å². The maximum atomic E-state index is 12.7. The summed E-state index contributed by atoms with van der Waals surface area (Å²) in [5, 5.41) is 7.28. The number of hydrogen-bond donors (Lipinski definition) is 2. The van der Waals surface area contributed by atoms with Crippen LogP contribution in [0.1, 0.15) is 44.0 Å². The summed E-state index contributed by atoms with van der Waals surface area (Å²) in [7, 11) is 0. The van der Waals surface area contributed by atoms with E-state index in [4.69, 9.17) is 4.42 Å². The number of furan rings is 1. The second-order valence-corrected chi connectivity index (χ2v) is 9.53. The van der Waals surface area contributed by atoms with Crippen LogP contribution < -0.4 is 10.6 Å². The predicted octanol–water partition coefficient (Wildman–Crippen LogP) is 6.23. The van der Waals surface area contributed by atoms with Crippen LogP contribution in [-0.4, -0.2) is 22.1 Å². The average molecular weight is 465 g/mol. The Kier molecular flexibility index (Phi) is 6.62. The van der Waals surface area contributed by atoms with Crippen LogP contribution in [-0.2, 0) is 0 Å². The van der Waals surface area contributed by atoms with E-state index in [1.54, 1.807) is 23.9 Å². The zero-order valence-electron chi connectivity index (χ0n) is 18.3. The van der Waals surface area contributed by atoms with Gasteiger partial charge in [-0.15, -0.1) is 23.1 Å². The van der Waals surface area contributed by atoms with E-state index in [1.807, 2.05) is 26.8 Å². The van der Waals surface area contributed by atoms with Crippen LogP contribution in [0.5, 0.6) is 0 Å². The molecule has 0 saturated carbocycles. The fraction of sp³-hybridized carbons (Fsp3) is 0.208. The molecule has 3 aromatic heterocycles. The zero-order valence-corrected chi connectivity index (χ0v) is 19.9. The van der Waals surface area contributed by atoms with Crippen molar-refractivity contribution in [2.75, 3.05) is 16.9 Å². The third kappa shape index (κ3) is 5.03. The van der Waals surface area contributed by atoms with Crippen molar-refractivity contribution in [2.24, 2.45) is 0 Å². The number of carbonyl (C=O) groups excluding carboxylic acids is 1. The number of thiophene rings is 1. The summed E-state index contributed by atoms with van der Waals surface area (Å²) in [6.07, 6.45) is 3.54. The molecule has 0 unspecified atom stereocenters. The number of carbonyl (C=O) groups is 1. The second kappa shape index (κ2) is 9.58. The van der Waals surface area contributed by atoms with E-state index < -0.39 is 0 Å². The Labute approximate surface area is 195 Å². The van der Waals surface area contributed by atoms with E-state index >= 15 is 0 Å². The van der Waals surface area contributed by atoms with Crippen molar-refractivity contribution < 1.29 is 9.21 Å². The normalized spacial score (nSPS) is 11.9. The highest BCUT2D eigenvalue weighted by molar-refractivity contribution is 7.98. The first-order valence-corrected chi connectivity index (χ1v) is 12.1. The van der Waals surface area contributed by atoms with Gasteiger partial charge in [0, 0.05) is 26.7 Å². The summed E-state index contributed by atoms with van der Waals surface area (Å²) in [5.74, 6) is 0.541. The number of benzene rings is 1. The monoisotopic (exact) mass is 464 g/mol. The number of hydrogen-bond acceptors (Lipinski definition) is 7. The molecule has 1 amide bonds. The van der Waals surface area contributed by atoms with Crippen molar-refractivity contribution in [2.45, 2.75) is 31.7 Å². The van der Waals surface area contributed by atoms with Gasteiger partial charge < -0.3 is 15.1 Å². The number of thioether (sulfide) groups is 1. The van der Waals surface area contributed by atoms with Gasteiger partial charge in [-0.2, -0.15) is 0 Å². The molecule has 0 aliphatic rings. The molecular formula is C24H24N4O2S2. The molecule has 1 atom stereocenters. The molecule has 6 nitrogen and oxygen atoms in total. The van der Waals surface area contributed by atoms with Gasteiger partial charge in [-0.25, -0.2) is 9.97 Å². The first-order chi connectivity index (χ1) is 15.4. The van der Waals surface area contributed by atoms with Crippen LogP contribution in [0.3, 0.4) is 0 Å². The first-order valence-electron chi connectivity index (χ1n) is 10.1. The van der Waals surface area contributed by atoms with E-state index in [0.717, 1.165) is 32.4 Å². The SMILES string of the molecule is CSc1ccc([C@@H](Nc2nc(C)cc(C)n2)c2cc(C)sc2NC(=O)c2ccco2)cc1. The minimum absolute atomic E-state index is 0.246. The molecule has 0 saturated heterocycles. The van der Waals surface area contributed by atoms with Gasteiger partial charge in [0.2, 0.25) is 5.95 Å². The molecule has 4 aromatic rings. The second-order valence-electron chi connectivity index (χ2n) is 7.40. The lowest BCUT2D eigenvalue weighted by Gasteiger charge is -2.21. The summed E-state index contributed by atoms with van der Waals surface area (Å²) >= 11 is 3.23. The van der Waals surface area contributed by atoms with E-state index in [-0.39, 0.29) is 17.7 Å². The standard InChI is InChI=1S/C24H24N4O2S2/c1-14-12-15(2)26-24(25-14)27-21(17-7-9-18(31-4)10-8-17)19-13-16(3)32-23(19)28-22(29)20-6-5-11-30-20/h5-13,21H,1-4H3,(H,28,29)(H,25,26,27)/t21-/m1/s1. The number of aryl methyl sites for hydroxylation is 3. The minimum Gasteiger partial charge on any atom is -0.459 e. The smallest absolute Gasteiger partial charge is 0.291 e. The van der Waals surface area contributed by atoms with Gasteiger partial charge in [-0.1, -0.05) is 12.1 Å². The average Bonchev–Trinajstić information content (AvgIpc) is 3.41. The Morgan fingerprint density at radius 1 is 1.06 bits per heavy atom. The van der Waals surface area contributed by atoms with E-state index in [2.05, 4.69) is 57.2 Å². The lowest BCUT2D eigenvalue weighted by atomic mass is 10.00. The van der Waals surface area contributed by atoms with E-state index in [9.17, 15) is 4.79 Å². The molecule has 164 valence electrons. The molecule has 0 aliphatic carbocycles. The van der Waals surface area contributed by atoms with Crippen molar-refractivity contribution >= 4 is 40.0 Å². The molecule has 0 spiro atoms. The van der Waals surface area contributed by atoms with Crippen LogP contribution in [0.25, 0.3) is 0 Å². The fourth-order valence-electron chi connectivity index (χ4n) is 3.48. The van der Waals surface area contributed by atoms with Gasteiger partial charge in [0.05, 0.1) is 12.3 Å². The maximum absolute atomic E-state index is 12.7. The largest absolute Gasteiger partial charge is 0.459 e. The highest BCUT2D eigenvalue weighted by Gasteiger charge is 2.23. The van der Waals surface area contributed by atoms with Crippen LogP contribution in [0.15, 0.2) is 64.1 Å². The van der Waals surface area contributed by atoms with Gasteiger partial charge in [0.1, 0.15) is 5.00 Å². The first kappa shape index (κ1) is 22.1. The van der Waals surface area contributed by atoms with Gasteiger partial charge in [0.15, 0.2) is 5.76 Å². The predicted molar refractivity (Wildman–Crippen MR) is 131 cm³/mol. The van der Waals surface area contributed by atoms with Crippen molar-refractivity contribution in [1.29, 1.82) is 0 Å². The zero-order chi connectivity index (χ0) is 22.7. The number of nitrogens with zero attached hydrogens (tertiary/aromatic N) is 2. The summed E-state index contributed by atoms with van der Waals surface area (Å²) in [6.45, 7) is 5.93. The molecule has 32 heavy (non-hydrogen) atoms. The molecule has 3 heterocycles. The summed E-state index contributed by atoms with van der Waals surface area (Å²) < 4.78 is 5.26. The highest BCUT2D eigenvalue weighted by atomic mass is 32.2. The molecule has 4 rings (SSSR count). The molecule has 0 aliphatic heterocycles. The number of amides is 1. The number of nitrogens with one attached hydrogen (secondary N) is 2. The maximum Gasteiger partial charge on any atom is 0.291 e. The number of rotatable bonds is 7. The lowest BCUT2D eigenvalue weighted by molar-refractivity contribution is 0.0997. The molecule has 0 radical (unpaired) electrons. The van der Waals surface area contributed by atoms with E-state index in [0.29, 0.717) is 5.95 Å². The molecule has 2 N–H and O–H groups in total. The van der Waals surface area contributed by atoms with Crippen LogP contribution in [0.2, 0.25) is 0 Å². The Hall–Kier alpha value is -3.10. The van der Waals surface area contributed by atoms with Gasteiger partial charge in [-0.05, 0) is 69.0 Å². The van der Waals surface area contributed by atoms with Crippen molar-refractivity contribution in [3.63, 3.8) is 0 Å². The van der Waals surface area contributed by atoms with Crippen molar-refractivity contribution in [3.05, 3.63) is 87.9 Å². The highest BCUT2D eigenvalue weighted by Crippen LogP contribution is 2.38. The third-order valence-electron chi connectivity index (χ3n) is 4.87. The number of aromatic nitrogens is 2. The van der Waals surface area contributed by atoms with E-state index in [1.165, 1.54) is 22.5 Å². The molecule has 0 fully saturated rings. The lowest BCUT2D eigenvalue weighted by Crippen LogP contribution is -2.17. The van der Waals surface area contributed by atoms with Gasteiger partial charge >= 0.3 is 0 Å². The summed E-state index contributed by atoms with van der Waals surface area (Å²) in [5.41, 5.74) is 3.79. The van der Waals surface area contributed by atoms with Crippen LogP contribution in [0.4, 0.5) is 10.9 Å². The summed E-state index contributed by atoms with van der Waals surface area (Å²) in [4.78, 5) is 24.1. The summed E-state index contributed by atoms with van der Waals surface area (Å²) in [6, 6.07) is 15.5. The topological polar surface area (TPSA) is 80.0 Å². The van der Waals surface area contributed by atoms with Crippen LogP contribution in [0, 0.1) is 20.8 Å². The van der Waals surface area contributed by atoms with Gasteiger partial charge in [-0.3, -0.25) is 4.79 Å². The molecule has 1 aromatic carbocycles. The van der Waals surface area contributed by atoms with Gasteiger partial charge in [0.25, 0.3) is 5.91 Å². The van der Waals surface area contributed by atoms with Crippen molar-refractivity contribution in [1.82, 2.24) is 9.97 Å². The Balaban J connectivity index is 1.74. The number of anilines is 2. The Morgan fingerprint density at radius 2 is 1.78 bits per heavy atom. The minimum atomic E-state index is -0.280. The quantitative estimate of drug-likeness (QED) is 0.316. The fourth-order valence-corrected chi connectivity index (χ4v) is 4.83. The molecule has 0 bridgehead atoms. The Morgan fingerprint density at radius 3 is 2.41 bits per heavy atom.